The molecule has 2 aliphatic rings. The van der Waals surface area contributed by atoms with Crippen LogP contribution in [0.4, 0.5) is 0 Å². The first-order valence-corrected chi connectivity index (χ1v) is 9.45. The van der Waals surface area contributed by atoms with Crippen LogP contribution in [0.15, 0.2) is 35.3 Å². The van der Waals surface area contributed by atoms with E-state index in [9.17, 15) is 4.79 Å². The second-order valence-corrected chi connectivity index (χ2v) is 7.33. The summed E-state index contributed by atoms with van der Waals surface area (Å²) in [5.74, 6) is 1.17. The van der Waals surface area contributed by atoms with E-state index in [1.54, 1.807) is 6.92 Å². The van der Waals surface area contributed by atoms with Crippen molar-refractivity contribution in [3.8, 4) is 0 Å². The van der Waals surface area contributed by atoms with E-state index in [0.717, 1.165) is 51.6 Å². The van der Waals surface area contributed by atoms with Gasteiger partial charge in [0.05, 0.1) is 0 Å². The summed E-state index contributed by atoms with van der Waals surface area (Å²) in [6.45, 7) is 8.81. The predicted octanol–water partition coefficient (Wildman–Crippen LogP) is 2.14. The van der Waals surface area contributed by atoms with Gasteiger partial charge in [0, 0.05) is 46.2 Å². The Morgan fingerprint density at radius 1 is 1.12 bits per heavy atom. The molecule has 1 aromatic rings. The number of rotatable bonds is 5. The molecule has 1 N–H and O–H groups in total. The highest BCUT2D eigenvalue weighted by molar-refractivity contribution is 5.80. The molecular formula is C20H30N4O. The molecule has 136 valence electrons. The molecule has 1 aromatic carbocycles. The van der Waals surface area contributed by atoms with E-state index in [1.807, 2.05) is 4.90 Å². The number of nitrogens with one attached hydrogen (secondary N) is 1. The van der Waals surface area contributed by atoms with Gasteiger partial charge in [-0.1, -0.05) is 30.3 Å². The van der Waals surface area contributed by atoms with Crippen molar-refractivity contribution in [2.24, 2.45) is 10.4 Å². The van der Waals surface area contributed by atoms with Gasteiger partial charge in [0.2, 0.25) is 5.91 Å². The summed E-state index contributed by atoms with van der Waals surface area (Å²) in [6.07, 6.45) is 3.65. The van der Waals surface area contributed by atoms with Crippen LogP contribution in [0.1, 0.15) is 32.3 Å². The molecule has 0 radical (unpaired) electrons. The van der Waals surface area contributed by atoms with E-state index in [1.165, 1.54) is 18.4 Å². The number of amides is 1. The number of piperazine rings is 1. The minimum Gasteiger partial charge on any atom is -0.357 e. The van der Waals surface area contributed by atoms with E-state index in [2.05, 4.69) is 47.5 Å². The normalized spacial score (nSPS) is 19.7. The quantitative estimate of drug-likeness (QED) is 0.659. The third-order valence-corrected chi connectivity index (χ3v) is 5.30. The number of hydrogen-bond acceptors (Lipinski definition) is 2. The van der Waals surface area contributed by atoms with Crippen LogP contribution in [-0.2, 0) is 11.2 Å². The van der Waals surface area contributed by atoms with Gasteiger partial charge in [-0.15, -0.1) is 0 Å². The van der Waals surface area contributed by atoms with Gasteiger partial charge in [0.1, 0.15) is 0 Å². The molecule has 1 heterocycles. The lowest BCUT2D eigenvalue weighted by atomic mass is 9.97. The maximum atomic E-state index is 11.5. The first-order valence-electron chi connectivity index (χ1n) is 9.45. The Kier molecular flexibility index (Phi) is 5.61. The number of guanidine groups is 1. The van der Waals surface area contributed by atoms with Crippen molar-refractivity contribution < 1.29 is 4.79 Å². The summed E-state index contributed by atoms with van der Waals surface area (Å²) >= 11 is 0. The molecule has 1 saturated carbocycles. The van der Waals surface area contributed by atoms with Crippen LogP contribution in [0.5, 0.6) is 0 Å². The largest absolute Gasteiger partial charge is 0.357 e. The van der Waals surface area contributed by atoms with Crippen LogP contribution in [0, 0.1) is 5.41 Å². The van der Waals surface area contributed by atoms with Gasteiger partial charge in [-0.2, -0.15) is 0 Å². The summed E-state index contributed by atoms with van der Waals surface area (Å²) in [4.78, 5) is 20.7. The van der Waals surface area contributed by atoms with Gasteiger partial charge in [0.15, 0.2) is 5.96 Å². The van der Waals surface area contributed by atoms with Crippen molar-refractivity contribution in [3.63, 3.8) is 0 Å². The highest BCUT2D eigenvalue weighted by Crippen LogP contribution is 2.48. The number of hydrogen-bond donors (Lipinski definition) is 1. The molecule has 1 aliphatic carbocycles. The molecule has 25 heavy (non-hydrogen) atoms. The summed E-state index contributed by atoms with van der Waals surface area (Å²) in [7, 11) is 0. The predicted molar refractivity (Wildman–Crippen MR) is 102 cm³/mol. The highest BCUT2D eigenvalue weighted by atomic mass is 16.2. The molecule has 1 aliphatic heterocycles. The summed E-state index contributed by atoms with van der Waals surface area (Å²) in [5.41, 5.74) is 1.76. The Hall–Kier alpha value is -2.04. The average Bonchev–Trinajstić information content (AvgIpc) is 3.39. The van der Waals surface area contributed by atoms with Crippen LogP contribution in [0.3, 0.4) is 0 Å². The van der Waals surface area contributed by atoms with Crippen molar-refractivity contribution >= 4 is 11.9 Å². The molecule has 3 rings (SSSR count). The fourth-order valence-electron chi connectivity index (χ4n) is 3.50. The van der Waals surface area contributed by atoms with E-state index in [4.69, 9.17) is 4.99 Å². The standard InChI is InChI=1S/C20H30N4O/c1-3-21-19(24-13-11-23(12-14-24)17(2)25)22-16-20(9-10-20)15-18-7-5-4-6-8-18/h4-8H,3,9-16H2,1-2H3,(H,21,22). The first kappa shape index (κ1) is 17.8. The molecule has 0 unspecified atom stereocenters. The molecule has 1 saturated heterocycles. The lowest BCUT2D eigenvalue weighted by Crippen LogP contribution is -2.53. The fraction of sp³-hybridized carbons (Fsp3) is 0.600. The van der Waals surface area contributed by atoms with Crippen LogP contribution in [0.2, 0.25) is 0 Å². The van der Waals surface area contributed by atoms with Gasteiger partial charge >= 0.3 is 0 Å². The third-order valence-electron chi connectivity index (χ3n) is 5.30. The van der Waals surface area contributed by atoms with Gasteiger partial charge in [-0.3, -0.25) is 9.79 Å². The highest BCUT2D eigenvalue weighted by Gasteiger charge is 2.42. The second-order valence-electron chi connectivity index (χ2n) is 7.33. The van der Waals surface area contributed by atoms with Gasteiger partial charge in [-0.25, -0.2) is 0 Å². The Morgan fingerprint density at radius 2 is 1.76 bits per heavy atom. The summed E-state index contributed by atoms with van der Waals surface area (Å²) in [5, 5.41) is 3.43. The van der Waals surface area contributed by atoms with Crippen LogP contribution in [0.25, 0.3) is 0 Å². The Labute approximate surface area is 151 Å². The average molecular weight is 342 g/mol. The van der Waals surface area contributed by atoms with Crippen molar-refractivity contribution in [1.29, 1.82) is 0 Å². The van der Waals surface area contributed by atoms with E-state index < -0.39 is 0 Å². The van der Waals surface area contributed by atoms with Crippen molar-refractivity contribution in [2.45, 2.75) is 33.1 Å². The van der Waals surface area contributed by atoms with Gasteiger partial charge < -0.3 is 15.1 Å². The maximum absolute atomic E-state index is 11.5. The molecule has 2 fully saturated rings. The number of carbonyl (C=O) groups is 1. The fourth-order valence-corrected chi connectivity index (χ4v) is 3.50. The van der Waals surface area contributed by atoms with Crippen LogP contribution >= 0.6 is 0 Å². The van der Waals surface area contributed by atoms with Crippen molar-refractivity contribution in [1.82, 2.24) is 15.1 Å². The van der Waals surface area contributed by atoms with E-state index in [-0.39, 0.29) is 5.91 Å². The van der Waals surface area contributed by atoms with Gasteiger partial charge in [-0.05, 0) is 37.2 Å². The molecule has 5 nitrogen and oxygen atoms in total. The minimum absolute atomic E-state index is 0.168. The molecule has 1 amide bonds. The zero-order valence-electron chi connectivity index (χ0n) is 15.5. The number of nitrogens with zero attached hydrogens (tertiary/aromatic N) is 3. The van der Waals surface area contributed by atoms with E-state index in [0.29, 0.717) is 5.41 Å². The Balaban J connectivity index is 1.60. The molecular weight excluding hydrogens is 312 g/mol. The molecule has 5 heteroatoms. The Morgan fingerprint density at radius 3 is 2.32 bits per heavy atom. The maximum Gasteiger partial charge on any atom is 0.219 e. The molecule has 0 atom stereocenters. The monoisotopic (exact) mass is 342 g/mol. The summed E-state index contributed by atoms with van der Waals surface area (Å²) < 4.78 is 0. The van der Waals surface area contributed by atoms with Crippen molar-refractivity contribution in [2.75, 3.05) is 39.3 Å². The number of benzene rings is 1. The van der Waals surface area contributed by atoms with Gasteiger partial charge in [0.25, 0.3) is 0 Å². The molecule has 0 bridgehead atoms. The second kappa shape index (κ2) is 7.89. The SMILES string of the molecule is CCNC(=NCC1(Cc2ccccc2)CC1)N1CCN(C(C)=O)CC1. The first-order chi connectivity index (χ1) is 12.1. The third kappa shape index (κ3) is 4.74. The van der Waals surface area contributed by atoms with Crippen LogP contribution < -0.4 is 5.32 Å². The Bertz CT molecular complexity index is 601. The molecule has 0 spiro atoms. The molecule has 0 aromatic heterocycles. The zero-order chi connectivity index (χ0) is 17.7. The topological polar surface area (TPSA) is 47.9 Å². The summed E-state index contributed by atoms with van der Waals surface area (Å²) in [6, 6.07) is 10.7. The van der Waals surface area contributed by atoms with Crippen LogP contribution in [-0.4, -0.2) is 60.9 Å². The minimum atomic E-state index is 0.168. The smallest absolute Gasteiger partial charge is 0.219 e. The number of carbonyl (C=O) groups excluding carboxylic acids is 1. The van der Waals surface area contributed by atoms with Crippen molar-refractivity contribution in [3.05, 3.63) is 35.9 Å². The zero-order valence-corrected chi connectivity index (χ0v) is 15.5. The number of aliphatic imine (C=N–C) groups is 1. The lowest BCUT2D eigenvalue weighted by molar-refractivity contribution is -0.130. The lowest BCUT2D eigenvalue weighted by Gasteiger charge is -2.36. The van der Waals surface area contributed by atoms with E-state index >= 15 is 0 Å².